The topological polar surface area (TPSA) is 137 Å². The number of amides is 3. The summed E-state index contributed by atoms with van der Waals surface area (Å²) < 4.78 is 18.9. The summed E-state index contributed by atoms with van der Waals surface area (Å²) >= 11 is 6.05. The summed E-state index contributed by atoms with van der Waals surface area (Å²) in [5, 5.41) is 11.0. The van der Waals surface area contributed by atoms with Crippen molar-refractivity contribution in [2.75, 3.05) is 40.0 Å². The fraction of sp³-hybridized carbons (Fsp3) is 0.452. The van der Waals surface area contributed by atoms with E-state index < -0.39 is 6.04 Å². The number of methoxy groups -OCH3 is 1. The third-order valence-electron chi connectivity index (χ3n) is 7.12. The van der Waals surface area contributed by atoms with Crippen LogP contribution in [0.25, 0.3) is 0 Å². The maximum Gasteiger partial charge on any atom is 0.260 e. The van der Waals surface area contributed by atoms with Crippen LogP contribution in [-0.4, -0.2) is 77.3 Å². The van der Waals surface area contributed by atoms with Crippen LogP contribution in [0.5, 0.6) is 17.2 Å². The Morgan fingerprint density at radius 3 is 2.64 bits per heavy atom. The molecule has 0 saturated carbocycles. The Morgan fingerprint density at radius 2 is 1.91 bits per heavy atom. The number of carbonyl (C=O) groups excluding carboxylic acids is 3. The van der Waals surface area contributed by atoms with E-state index >= 15 is 0 Å². The molecule has 1 aromatic heterocycles. The van der Waals surface area contributed by atoms with E-state index in [0.717, 1.165) is 5.56 Å². The second-order valence-electron chi connectivity index (χ2n) is 10.9. The summed E-state index contributed by atoms with van der Waals surface area (Å²) in [6, 6.07) is 9.64. The van der Waals surface area contributed by atoms with Crippen LogP contribution in [0.15, 0.2) is 36.4 Å². The number of rotatable bonds is 5. The van der Waals surface area contributed by atoms with E-state index in [9.17, 15) is 14.4 Å². The Balaban J connectivity index is 1.59. The molecule has 0 aliphatic carbocycles. The highest BCUT2D eigenvalue weighted by molar-refractivity contribution is 6.30. The molecule has 0 saturated heterocycles. The SMILES string of the molecule is COc1ccc2cc1OCCn1nc(C)nc1[C@H](C(C)C)NC(=O)CN(C(=O)COc1ccc(Cl)cc1C)CCCNC2=O. The second kappa shape index (κ2) is 14.9. The Kier molecular flexibility index (Phi) is 11.0. The van der Waals surface area contributed by atoms with E-state index in [1.165, 1.54) is 12.0 Å². The molecule has 0 fully saturated rings. The maximum absolute atomic E-state index is 13.4. The average Bonchev–Trinajstić information content (AvgIpc) is 3.35. The highest BCUT2D eigenvalue weighted by Gasteiger charge is 2.27. The summed E-state index contributed by atoms with van der Waals surface area (Å²) in [7, 11) is 1.53. The van der Waals surface area contributed by atoms with E-state index in [1.54, 1.807) is 48.0 Å². The number of ether oxygens (including phenoxy) is 3. The van der Waals surface area contributed by atoms with Gasteiger partial charge in [0.15, 0.2) is 18.1 Å². The van der Waals surface area contributed by atoms with E-state index in [0.29, 0.717) is 52.4 Å². The molecule has 0 spiro atoms. The first-order valence-corrected chi connectivity index (χ1v) is 14.9. The summed E-state index contributed by atoms with van der Waals surface area (Å²) in [6.45, 7) is 8.15. The lowest BCUT2D eigenvalue weighted by Gasteiger charge is -2.26. The first kappa shape index (κ1) is 32.6. The van der Waals surface area contributed by atoms with Crippen LogP contribution in [0, 0.1) is 19.8 Å². The lowest BCUT2D eigenvalue weighted by Crippen LogP contribution is -2.45. The van der Waals surface area contributed by atoms with Crippen molar-refractivity contribution in [1.29, 1.82) is 0 Å². The van der Waals surface area contributed by atoms with Gasteiger partial charge in [-0.3, -0.25) is 14.4 Å². The van der Waals surface area contributed by atoms with Crippen molar-refractivity contribution in [2.45, 2.75) is 46.7 Å². The largest absolute Gasteiger partial charge is 0.493 e. The molecule has 4 rings (SSSR count). The smallest absolute Gasteiger partial charge is 0.260 e. The van der Waals surface area contributed by atoms with Crippen molar-refractivity contribution >= 4 is 29.3 Å². The van der Waals surface area contributed by atoms with Crippen LogP contribution in [0.1, 0.15) is 53.9 Å². The van der Waals surface area contributed by atoms with Crippen molar-refractivity contribution in [1.82, 2.24) is 30.3 Å². The van der Waals surface area contributed by atoms with Gasteiger partial charge in [0.2, 0.25) is 5.91 Å². The van der Waals surface area contributed by atoms with Crippen LogP contribution in [0.4, 0.5) is 0 Å². The molecule has 2 N–H and O–H groups in total. The quantitative estimate of drug-likeness (QED) is 0.439. The average molecular weight is 627 g/mol. The number of aromatic nitrogens is 3. The van der Waals surface area contributed by atoms with Crippen LogP contribution >= 0.6 is 11.6 Å². The molecule has 0 radical (unpaired) electrons. The van der Waals surface area contributed by atoms with Gasteiger partial charge in [0, 0.05) is 23.7 Å². The van der Waals surface area contributed by atoms with Gasteiger partial charge in [-0.05, 0) is 68.1 Å². The Bertz CT molecular complexity index is 1490. The minimum Gasteiger partial charge on any atom is -0.493 e. The predicted molar refractivity (Wildman–Crippen MR) is 164 cm³/mol. The van der Waals surface area contributed by atoms with Gasteiger partial charge in [-0.1, -0.05) is 25.4 Å². The number of carbonyl (C=O) groups is 3. The zero-order chi connectivity index (χ0) is 31.8. The van der Waals surface area contributed by atoms with Crippen molar-refractivity contribution in [3.05, 3.63) is 64.2 Å². The van der Waals surface area contributed by atoms with Crippen molar-refractivity contribution in [3.8, 4) is 17.2 Å². The maximum atomic E-state index is 13.4. The monoisotopic (exact) mass is 626 g/mol. The molecule has 44 heavy (non-hydrogen) atoms. The van der Waals surface area contributed by atoms with Crippen LogP contribution < -0.4 is 24.8 Å². The number of hydrogen-bond acceptors (Lipinski definition) is 8. The van der Waals surface area contributed by atoms with Gasteiger partial charge in [0.25, 0.3) is 11.8 Å². The molecule has 3 aromatic rings. The van der Waals surface area contributed by atoms with Crippen LogP contribution in [-0.2, 0) is 16.1 Å². The number of fused-ring (bicyclic) bond motifs is 3. The van der Waals surface area contributed by atoms with Gasteiger partial charge in [-0.15, -0.1) is 0 Å². The van der Waals surface area contributed by atoms with Gasteiger partial charge in [-0.25, -0.2) is 9.67 Å². The molecule has 236 valence electrons. The molecule has 12 nitrogen and oxygen atoms in total. The normalized spacial score (nSPS) is 16.6. The van der Waals surface area contributed by atoms with Crippen molar-refractivity contribution in [2.24, 2.45) is 5.92 Å². The first-order chi connectivity index (χ1) is 21.0. The summed E-state index contributed by atoms with van der Waals surface area (Å²) in [6.07, 6.45) is 0.408. The second-order valence-corrected chi connectivity index (χ2v) is 11.3. The Labute approximate surface area is 262 Å². The van der Waals surface area contributed by atoms with Gasteiger partial charge >= 0.3 is 0 Å². The lowest BCUT2D eigenvalue weighted by atomic mass is 10.0. The van der Waals surface area contributed by atoms with Gasteiger partial charge < -0.3 is 29.7 Å². The molecular formula is C31H39ClN6O6. The van der Waals surface area contributed by atoms with E-state index in [-0.39, 0.29) is 56.5 Å². The number of hydrogen-bond donors (Lipinski definition) is 2. The third kappa shape index (κ3) is 8.40. The lowest BCUT2D eigenvalue weighted by molar-refractivity contribution is -0.138. The van der Waals surface area contributed by atoms with Gasteiger partial charge in [0.1, 0.15) is 24.0 Å². The molecule has 1 atom stereocenters. The summed E-state index contributed by atoms with van der Waals surface area (Å²) in [5.41, 5.74) is 1.19. The third-order valence-corrected chi connectivity index (χ3v) is 7.35. The predicted octanol–water partition coefficient (Wildman–Crippen LogP) is 3.49. The molecular weight excluding hydrogens is 588 g/mol. The van der Waals surface area contributed by atoms with Crippen molar-refractivity contribution in [3.63, 3.8) is 0 Å². The molecule has 1 aliphatic heterocycles. The van der Waals surface area contributed by atoms with E-state index in [1.807, 2.05) is 20.8 Å². The minimum atomic E-state index is -0.468. The summed E-state index contributed by atoms with van der Waals surface area (Å²) in [4.78, 5) is 45.7. The molecule has 2 bridgehead atoms. The van der Waals surface area contributed by atoms with Crippen LogP contribution in [0.2, 0.25) is 5.02 Å². The molecule has 2 aromatic carbocycles. The molecule has 0 unspecified atom stereocenters. The fourth-order valence-electron chi connectivity index (χ4n) is 4.83. The fourth-order valence-corrected chi connectivity index (χ4v) is 5.06. The first-order valence-electron chi connectivity index (χ1n) is 14.5. The number of benzene rings is 2. The standard InChI is InChI=1S/C31H39ClN6O6/c1-19(2)29-30-34-21(4)36-38(30)13-14-43-26-16-22(7-9-25(26)42-5)31(41)33-11-6-12-37(17-27(39)35-29)28(40)18-44-24-10-8-23(32)15-20(24)3/h7-10,15-16,19,29H,6,11-14,17-18H2,1-5H3,(H,33,41)(H,35,39)/t29-/m0/s1. The Morgan fingerprint density at radius 1 is 1.14 bits per heavy atom. The zero-order valence-corrected chi connectivity index (χ0v) is 26.4. The summed E-state index contributed by atoms with van der Waals surface area (Å²) in [5.74, 6) is 1.51. The van der Waals surface area contributed by atoms with Gasteiger partial charge in [0.05, 0.1) is 26.2 Å². The van der Waals surface area contributed by atoms with Gasteiger partial charge in [-0.2, -0.15) is 5.10 Å². The van der Waals surface area contributed by atoms with Crippen LogP contribution in [0.3, 0.4) is 0 Å². The molecule has 13 heteroatoms. The van der Waals surface area contributed by atoms with E-state index in [2.05, 4.69) is 20.7 Å². The molecule has 2 heterocycles. The number of nitrogens with one attached hydrogen (secondary N) is 2. The Hall–Kier alpha value is -4.32. The molecule has 3 amide bonds. The number of aryl methyl sites for hydroxylation is 2. The highest BCUT2D eigenvalue weighted by Crippen LogP contribution is 2.28. The number of nitrogens with zero attached hydrogens (tertiary/aromatic N) is 4. The zero-order valence-electron chi connectivity index (χ0n) is 25.7. The van der Waals surface area contributed by atoms with Crippen molar-refractivity contribution < 1.29 is 28.6 Å². The highest BCUT2D eigenvalue weighted by atomic mass is 35.5. The minimum absolute atomic E-state index is 0.0276. The van der Waals surface area contributed by atoms with E-state index in [4.69, 9.17) is 25.8 Å². The molecule has 1 aliphatic rings. The number of halogens is 1.